The molecule has 0 saturated carbocycles. The second-order valence-corrected chi connectivity index (χ2v) is 5.59. The predicted molar refractivity (Wildman–Crippen MR) is 83.1 cm³/mol. The van der Waals surface area contributed by atoms with Crippen LogP contribution in [0.15, 0.2) is 18.2 Å². The number of nitrogens with one attached hydrogen (secondary N) is 1. The van der Waals surface area contributed by atoms with Crippen LogP contribution in [0, 0.1) is 5.92 Å². The van der Waals surface area contributed by atoms with Gasteiger partial charge in [-0.15, -0.1) is 0 Å². The largest absolute Gasteiger partial charge is 0.481 e. The van der Waals surface area contributed by atoms with E-state index in [1.807, 2.05) is 6.07 Å². The highest BCUT2D eigenvalue weighted by Gasteiger charge is 2.21. The molecule has 0 radical (unpaired) electrons. The summed E-state index contributed by atoms with van der Waals surface area (Å²) >= 11 is 6.03. The maximum Gasteiger partial charge on any atom is 0.315 e. The van der Waals surface area contributed by atoms with Crippen molar-refractivity contribution >= 4 is 29.2 Å². The Balaban J connectivity index is 2.10. The second kappa shape index (κ2) is 7.47. The number of anilines is 1. The van der Waals surface area contributed by atoms with Gasteiger partial charge in [0.2, 0.25) is 5.91 Å². The lowest BCUT2D eigenvalue weighted by atomic mass is 10.1. The molecule has 1 unspecified atom stereocenters. The third-order valence-corrected chi connectivity index (χ3v) is 3.85. The van der Waals surface area contributed by atoms with Crippen LogP contribution in [0.3, 0.4) is 0 Å². The number of aliphatic carboxylic acids is 1. The Morgan fingerprint density at radius 1 is 1.41 bits per heavy atom. The van der Waals surface area contributed by atoms with Gasteiger partial charge in [0.05, 0.1) is 13.2 Å². The molecule has 1 aliphatic heterocycles. The first-order valence-electron chi connectivity index (χ1n) is 7.10. The summed E-state index contributed by atoms with van der Waals surface area (Å²) in [7, 11) is 0. The number of hydrogen-bond acceptors (Lipinski definition) is 4. The van der Waals surface area contributed by atoms with Gasteiger partial charge in [-0.1, -0.05) is 11.6 Å². The number of carbonyl (C=O) groups is 2. The monoisotopic (exact) mass is 326 g/mol. The summed E-state index contributed by atoms with van der Waals surface area (Å²) in [6.07, 6.45) is 0. The van der Waals surface area contributed by atoms with Crippen molar-refractivity contribution in [2.45, 2.75) is 13.5 Å². The molecule has 7 heteroatoms. The molecule has 6 nitrogen and oxygen atoms in total. The topological polar surface area (TPSA) is 78.9 Å². The van der Waals surface area contributed by atoms with E-state index in [0.717, 1.165) is 24.3 Å². The van der Waals surface area contributed by atoms with Crippen molar-refractivity contribution < 1.29 is 19.4 Å². The fourth-order valence-electron chi connectivity index (χ4n) is 2.26. The van der Waals surface area contributed by atoms with Crippen molar-refractivity contribution in [1.82, 2.24) is 5.32 Å². The van der Waals surface area contributed by atoms with Crippen LogP contribution in [-0.2, 0) is 20.9 Å². The summed E-state index contributed by atoms with van der Waals surface area (Å²) in [5.41, 5.74) is 1.84. The Bertz CT molecular complexity index is 558. The molecule has 1 saturated heterocycles. The van der Waals surface area contributed by atoms with E-state index in [2.05, 4.69) is 10.2 Å². The molecule has 22 heavy (non-hydrogen) atoms. The molecule has 0 aliphatic carbocycles. The van der Waals surface area contributed by atoms with Gasteiger partial charge in [-0.05, 0) is 30.7 Å². The normalized spacial score (nSPS) is 16.2. The van der Waals surface area contributed by atoms with Crippen LogP contribution in [0.1, 0.15) is 12.5 Å². The fraction of sp³-hybridized carbons (Fsp3) is 0.467. The number of carboxylic acids is 1. The summed E-state index contributed by atoms with van der Waals surface area (Å²) in [4.78, 5) is 24.8. The number of nitrogens with zero attached hydrogens (tertiary/aromatic N) is 1. The standard InChI is InChI=1S/C15H19ClN2O4/c1-10(15(20)21)14(19)17-9-11-8-12(16)2-3-13(11)18-4-6-22-7-5-18/h2-3,8,10H,4-7,9H2,1H3,(H,17,19)(H,20,21). The molecular weight excluding hydrogens is 308 g/mol. The number of carbonyl (C=O) groups excluding carboxylic acids is 1. The number of hydrogen-bond donors (Lipinski definition) is 2. The highest BCUT2D eigenvalue weighted by atomic mass is 35.5. The van der Waals surface area contributed by atoms with Crippen LogP contribution in [0.4, 0.5) is 5.69 Å². The fourth-order valence-corrected chi connectivity index (χ4v) is 2.45. The third-order valence-electron chi connectivity index (χ3n) is 3.61. The molecule has 120 valence electrons. The number of amides is 1. The van der Waals surface area contributed by atoms with Crippen molar-refractivity contribution in [2.24, 2.45) is 5.92 Å². The molecule has 2 N–H and O–H groups in total. The van der Waals surface area contributed by atoms with Crippen molar-refractivity contribution in [2.75, 3.05) is 31.2 Å². The van der Waals surface area contributed by atoms with Gasteiger partial charge in [-0.2, -0.15) is 0 Å². The molecule has 0 spiro atoms. The predicted octanol–water partition coefficient (Wildman–Crippen LogP) is 1.51. The lowest BCUT2D eigenvalue weighted by Crippen LogP contribution is -2.38. The van der Waals surface area contributed by atoms with E-state index in [-0.39, 0.29) is 6.54 Å². The molecule has 1 atom stereocenters. The Hall–Kier alpha value is -1.79. The average Bonchev–Trinajstić information content (AvgIpc) is 2.52. The van der Waals surface area contributed by atoms with E-state index in [1.54, 1.807) is 12.1 Å². The van der Waals surface area contributed by atoms with Crippen molar-refractivity contribution in [3.05, 3.63) is 28.8 Å². The summed E-state index contributed by atoms with van der Waals surface area (Å²) in [5, 5.41) is 12.1. The first kappa shape index (κ1) is 16.6. The molecule has 1 fully saturated rings. The number of ether oxygens (including phenoxy) is 1. The molecule has 1 aromatic rings. The van der Waals surface area contributed by atoms with Crippen molar-refractivity contribution in [1.29, 1.82) is 0 Å². The zero-order valence-corrected chi connectivity index (χ0v) is 13.1. The number of morpholine rings is 1. The molecule has 1 amide bonds. The Morgan fingerprint density at radius 3 is 2.73 bits per heavy atom. The lowest BCUT2D eigenvalue weighted by molar-refractivity contribution is -0.146. The Labute approximate surface area is 134 Å². The lowest BCUT2D eigenvalue weighted by Gasteiger charge is -2.30. The summed E-state index contributed by atoms with van der Waals surface area (Å²) in [6, 6.07) is 5.51. The maximum atomic E-state index is 11.8. The number of rotatable bonds is 5. The molecule has 1 aliphatic rings. The number of carboxylic acid groups (broad SMARTS) is 1. The van der Waals surface area contributed by atoms with Gasteiger partial charge >= 0.3 is 5.97 Å². The first-order valence-corrected chi connectivity index (χ1v) is 7.48. The van der Waals surface area contributed by atoms with Crippen LogP contribution in [0.5, 0.6) is 0 Å². The van der Waals surface area contributed by atoms with Gasteiger partial charge in [0.1, 0.15) is 5.92 Å². The van der Waals surface area contributed by atoms with Gasteiger partial charge in [0.15, 0.2) is 0 Å². The van der Waals surface area contributed by atoms with E-state index in [1.165, 1.54) is 6.92 Å². The van der Waals surface area contributed by atoms with E-state index in [0.29, 0.717) is 18.2 Å². The molecular formula is C15H19ClN2O4. The molecule has 0 bridgehead atoms. The van der Waals surface area contributed by atoms with Gasteiger partial charge in [0, 0.05) is 30.3 Å². The van der Waals surface area contributed by atoms with Gasteiger partial charge in [-0.25, -0.2) is 0 Å². The minimum Gasteiger partial charge on any atom is -0.481 e. The third kappa shape index (κ3) is 4.11. The summed E-state index contributed by atoms with van der Waals surface area (Å²) in [5.74, 6) is -2.73. The van der Waals surface area contributed by atoms with Gasteiger partial charge in [-0.3, -0.25) is 9.59 Å². The minimum atomic E-state index is -1.14. The quantitative estimate of drug-likeness (QED) is 0.802. The van der Waals surface area contributed by atoms with E-state index < -0.39 is 17.8 Å². The average molecular weight is 327 g/mol. The second-order valence-electron chi connectivity index (χ2n) is 5.15. The van der Waals surface area contributed by atoms with Crippen LogP contribution in [0.25, 0.3) is 0 Å². The molecule has 1 heterocycles. The zero-order valence-electron chi connectivity index (χ0n) is 12.3. The molecule has 0 aromatic heterocycles. The van der Waals surface area contributed by atoms with Gasteiger partial charge in [0.25, 0.3) is 0 Å². The van der Waals surface area contributed by atoms with Crippen molar-refractivity contribution in [3.8, 4) is 0 Å². The molecule has 2 rings (SSSR count). The van der Waals surface area contributed by atoms with Gasteiger partial charge < -0.3 is 20.1 Å². The van der Waals surface area contributed by atoms with Crippen LogP contribution in [0.2, 0.25) is 5.02 Å². The highest BCUT2D eigenvalue weighted by molar-refractivity contribution is 6.30. The zero-order chi connectivity index (χ0) is 16.1. The van der Waals surface area contributed by atoms with Crippen LogP contribution in [-0.4, -0.2) is 43.3 Å². The Morgan fingerprint density at radius 2 is 2.09 bits per heavy atom. The SMILES string of the molecule is CC(C(=O)O)C(=O)NCc1cc(Cl)ccc1N1CCOCC1. The first-order chi connectivity index (χ1) is 10.5. The highest BCUT2D eigenvalue weighted by Crippen LogP contribution is 2.25. The number of halogens is 1. The minimum absolute atomic E-state index is 0.240. The van der Waals surface area contributed by atoms with E-state index in [4.69, 9.17) is 21.4 Å². The van der Waals surface area contributed by atoms with Crippen LogP contribution >= 0.6 is 11.6 Å². The number of benzene rings is 1. The summed E-state index contributed by atoms with van der Waals surface area (Å²) < 4.78 is 5.34. The van der Waals surface area contributed by atoms with E-state index >= 15 is 0 Å². The van der Waals surface area contributed by atoms with Crippen molar-refractivity contribution in [3.63, 3.8) is 0 Å². The smallest absolute Gasteiger partial charge is 0.315 e. The van der Waals surface area contributed by atoms with E-state index in [9.17, 15) is 9.59 Å². The molecule has 1 aromatic carbocycles. The maximum absolute atomic E-state index is 11.8. The van der Waals surface area contributed by atoms with Crippen LogP contribution < -0.4 is 10.2 Å². The Kier molecular flexibility index (Phi) is 5.63. The summed E-state index contributed by atoms with van der Waals surface area (Å²) in [6.45, 7) is 4.46.